The van der Waals surface area contributed by atoms with Crippen LogP contribution in [0, 0.1) is 13.8 Å². The van der Waals surface area contributed by atoms with Gasteiger partial charge in [-0.25, -0.2) is 4.68 Å². The van der Waals surface area contributed by atoms with Crippen molar-refractivity contribution in [3.8, 4) is 0 Å². The third-order valence-electron chi connectivity index (χ3n) is 4.96. The van der Waals surface area contributed by atoms with Crippen LogP contribution in [0.1, 0.15) is 22.4 Å². The molecule has 33 heavy (non-hydrogen) atoms. The Labute approximate surface area is 201 Å². The van der Waals surface area contributed by atoms with Crippen molar-refractivity contribution in [3.63, 3.8) is 0 Å². The minimum absolute atomic E-state index is 0.245. The van der Waals surface area contributed by atoms with Crippen molar-refractivity contribution in [3.05, 3.63) is 88.5 Å². The number of benzene rings is 2. The summed E-state index contributed by atoms with van der Waals surface area (Å²) >= 11 is 8.05. The van der Waals surface area contributed by atoms with Gasteiger partial charge in [0, 0.05) is 29.3 Å². The first-order valence-corrected chi connectivity index (χ1v) is 11.5. The number of aryl methyl sites for hydroxylation is 3. The van der Waals surface area contributed by atoms with E-state index in [0.29, 0.717) is 17.4 Å². The van der Waals surface area contributed by atoms with Crippen LogP contribution in [-0.2, 0) is 18.4 Å². The van der Waals surface area contributed by atoms with Crippen LogP contribution in [0.25, 0.3) is 6.08 Å². The van der Waals surface area contributed by atoms with Gasteiger partial charge >= 0.3 is 0 Å². The Bertz CT molecular complexity index is 1290. The molecular weight excluding hydrogens is 456 g/mol. The number of hydrogen-bond acceptors (Lipinski definition) is 5. The summed E-state index contributed by atoms with van der Waals surface area (Å²) in [6.07, 6.45) is 4.82. The maximum Gasteiger partial charge on any atom is 0.248 e. The zero-order chi connectivity index (χ0) is 23.4. The van der Waals surface area contributed by atoms with Crippen molar-refractivity contribution in [2.24, 2.45) is 7.05 Å². The topological polar surface area (TPSA) is 77.6 Å². The predicted octanol–water partition coefficient (Wildman–Crippen LogP) is 5.13. The smallest absolute Gasteiger partial charge is 0.248 e. The van der Waals surface area contributed by atoms with Crippen LogP contribution in [0.2, 0.25) is 5.15 Å². The van der Waals surface area contributed by atoms with E-state index >= 15 is 0 Å². The maximum absolute atomic E-state index is 12.4. The Balaban J connectivity index is 1.38. The highest BCUT2D eigenvalue weighted by Crippen LogP contribution is 2.26. The number of halogens is 1. The number of carbonyl (C=O) groups excluding carboxylic acids is 1. The van der Waals surface area contributed by atoms with Crippen LogP contribution >= 0.6 is 23.4 Å². The van der Waals surface area contributed by atoms with Gasteiger partial charge in [-0.3, -0.25) is 4.79 Å². The molecule has 4 rings (SSSR count). The van der Waals surface area contributed by atoms with Gasteiger partial charge in [0.05, 0.1) is 12.2 Å². The summed E-state index contributed by atoms with van der Waals surface area (Å²) in [7, 11) is 1.89. The fourth-order valence-corrected chi connectivity index (χ4v) is 4.21. The van der Waals surface area contributed by atoms with E-state index < -0.39 is 0 Å². The highest BCUT2D eigenvalue weighted by atomic mass is 35.5. The minimum Gasteiger partial charge on any atom is -0.323 e. The van der Waals surface area contributed by atoms with E-state index in [1.165, 1.54) is 23.4 Å². The summed E-state index contributed by atoms with van der Waals surface area (Å²) < 4.78 is 3.59. The molecule has 0 fully saturated rings. The van der Waals surface area contributed by atoms with Crippen LogP contribution in [-0.4, -0.2) is 30.5 Å². The molecule has 1 amide bonds. The van der Waals surface area contributed by atoms with Gasteiger partial charge in [-0.1, -0.05) is 41.4 Å². The maximum atomic E-state index is 12.4. The molecule has 0 spiro atoms. The molecule has 0 saturated heterocycles. The van der Waals surface area contributed by atoms with Crippen molar-refractivity contribution < 1.29 is 4.79 Å². The van der Waals surface area contributed by atoms with Gasteiger partial charge in [-0.15, -0.1) is 10.2 Å². The third kappa shape index (κ3) is 5.71. The largest absolute Gasteiger partial charge is 0.323 e. The van der Waals surface area contributed by atoms with Gasteiger partial charge in [-0.2, -0.15) is 5.10 Å². The van der Waals surface area contributed by atoms with Gasteiger partial charge < -0.3 is 9.88 Å². The molecule has 0 atom stereocenters. The Morgan fingerprint density at radius 2 is 1.85 bits per heavy atom. The zero-order valence-electron chi connectivity index (χ0n) is 18.5. The lowest BCUT2D eigenvalue weighted by molar-refractivity contribution is -0.111. The van der Waals surface area contributed by atoms with Crippen molar-refractivity contribution in [2.75, 3.05) is 5.32 Å². The summed E-state index contributed by atoms with van der Waals surface area (Å²) in [5.74, 6) is -0.245. The third-order valence-corrected chi connectivity index (χ3v) is 6.42. The second-order valence-electron chi connectivity index (χ2n) is 7.61. The second kappa shape index (κ2) is 10.1. The standard InChI is InChI=1S/C24H23ClN6OS/c1-16-4-6-18(7-5-16)14-31-23(25)21(17(2)29-31)12-13-22(32)27-19-8-10-20(11-9-19)33-24-28-26-15-30(24)3/h4-13,15H,14H2,1-3H3,(H,27,32)/b13-12+. The first-order valence-electron chi connectivity index (χ1n) is 10.3. The number of amides is 1. The Hall–Kier alpha value is -3.36. The van der Waals surface area contributed by atoms with E-state index in [9.17, 15) is 4.79 Å². The fourth-order valence-electron chi connectivity index (χ4n) is 3.15. The number of nitrogens with one attached hydrogen (secondary N) is 1. The average Bonchev–Trinajstić information content (AvgIpc) is 3.31. The Morgan fingerprint density at radius 3 is 2.52 bits per heavy atom. The first kappa shape index (κ1) is 22.8. The van der Waals surface area contributed by atoms with Crippen LogP contribution < -0.4 is 5.32 Å². The van der Waals surface area contributed by atoms with Gasteiger partial charge in [0.1, 0.15) is 11.5 Å². The van der Waals surface area contributed by atoms with E-state index in [-0.39, 0.29) is 5.91 Å². The molecule has 2 heterocycles. The van der Waals surface area contributed by atoms with Crippen molar-refractivity contribution in [1.82, 2.24) is 24.5 Å². The van der Waals surface area contributed by atoms with Crippen LogP contribution in [0.5, 0.6) is 0 Å². The fraction of sp³-hybridized carbons (Fsp3) is 0.167. The first-order chi connectivity index (χ1) is 15.9. The molecule has 0 aliphatic rings. The number of rotatable bonds is 7. The normalized spacial score (nSPS) is 11.3. The molecule has 2 aromatic heterocycles. The van der Waals surface area contributed by atoms with Gasteiger partial charge in [-0.05, 0) is 61.5 Å². The van der Waals surface area contributed by atoms with Crippen molar-refractivity contribution in [2.45, 2.75) is 30.4 Å². The van der Waals surface area contributed by atoms with Crippen molar-refractivity contribution >= 4 is 41.0 Å². The molecule has 1 N–H and O–H groups in total. The minimum atomic E-state index is -0.245. The van der Waals surface area contributed by atoms with E-state index in [2.05, 4.69) is 51.8 Å². The number of aromatic nitrogens is 5. The molecule has 0 unspecified atom stereocenters. The SMILES string of the molecule is Cc1ccc(Cn2nc(C)c(/C=C/C(=O)Nc3ccc(Sc4nncn4C)cc3)c2Cl)cc1. The molecule has 9 heteroatoms. The zero-order valence-corrected chi connectivity index (χ0v) is 20.1. The number of nitrogens with zero attached hydrogens (tertiary/aromatic N) is 5. The lowest BCUT2D eigenvalue weighted by atomic mass is 10.1. The highest BCUT2D eigenvalue weighted by molar-refractivity contribution is 7.99. The summed E-state index contributed by atoms with van der Waals surface area (Å²) in [6, 6.07) is 15.8. The van der Waals surface area contributed by atoms with Gasteiger partial charge in [0.2, 0.25) is 5.91 Å². The predicted molar refractivity (Wildman–Crippen MR) is 131 cm³/mol. The van der Waals surface area contributed by atoms with Gasteiger partial charge in [0.25, 0.3) is 0 Å². The second-order valence-corrected chi connectivity index (χ2v) is 9.01. The number of carbonyl (C=O) groups is 1. The molecule has 0 aliphatic heterocycles. The van der Waals surface area contributed by atoms with Crippen LogP contribution in [0.4, 0.5) is 5.69 Å². The molecule has 0 bridgehead atoms. The number of hydrogen-bond donors (Lipinski definition) is 1. The van der Waals surface area contributed by atoms with Crippen LogP contribution in [0.15, 0.2) is 71.0 Å². The molecule has 4 aromatic rings. The molecule has 168 valence electrons. The highest BCUT2D eigenvalue weighted by Gasteiger charge is 2.12. The van der Waals surface area contributed by atoms with E-state index in [0.717, 1.165) is 26.9 Å². The molecule has 0 aliphatic carbocycles. The van der Waals surface area contributed by atoms with E-state index in [4.69, 9.17) is 11.6 Å². The summed E-state index contributed by atoms with van der Waals surface area (Å²) in [5, 5.41) is 16.6. The summed E-state index contributed by atoms with van der Waals surface area (Å²) in [6.45, 7) is 4.50. The summed E-state index contributed by atoms with van der Waals surface area (Å²) in [5.41, 5.74) is 4.51. The lowest BCUT2D eigenvalue weighted by Crippen LogP contribution is -2.07. The van der Waals surface area contributed by atoms with E-state index in [1.54, 1.807) is 17.1 Å². The monoisotopic (exact) mass is 478 g/mol. The molecule has 0 radical (unpaired) electrons. The Morgan fingerprint density at radius 1 is 1.12 bits per heavy atom. The Kier molecular flexibility index (Phi) is 6.96. The van der Waals surface area contributed by atoms with E-state index in [1.807, 2.05) is 42.8 Å². The van der Waals surface area contributed by atoms with Gasteiger partial charge in [0.15, 0.2) is 5.16 Å². The molecule has 7 nitrogen and oxygen atoms in total. The molecule has 0 saturated carbocycles. The van der Waals surface area contributed by atoms with Crippen LogP contribution in [0.3, 0.4) is 0 Å². The lowest BCUT2D eigenvalue weighted by Gasteiger charge is -2.05. The molecular formula is C24H23ClN6OS. The number of anilines is 1. The average molecular weight is 479 g/mol. The molecule has 2 aromatic carbocycles. The van der Waals surface area contributed by atoms with Crippen molar-refractivity contribution in [1.29, 1.82) is 0 Å². The quantitative estimate of drug-likeness (QED) is 0.372. The summed E-state index contributed by atoms with van der Waals surface area (Å²) in [4.78, 5) is 13.4.